The molecule has 2 saturated heterocycles. The van der Waals surface area contributed by atoms with Gasteiger partial charge in [0, 0.05) is 58.8 Å². The zero-order valence-corrected chi connectivity index (χ0v) is 21.4. The van der Waals surface area contributed by atoms with Crippen molar-refractivity contribution < 1.29 is 4.74 Å². The second kappa shape index (κ2) is 12.9. The fourth-order valence-electron chi connectivity index (χ4n) is 4.43. The third-order valence-electron chi connectivity index (χ3n) is 6.19. The molecule has 0 bridgehead atoms. The van der Waals surface area contributed by atoms with Crippen LogP contribution >= 0.6 is 24.0 Å². The smallest absolute Gasteiger partial charge is 0.193 e. The fraction of sp³-hybridized carbons (Fsp3) is 0.520. The number of pyridine rings is 1. The number of anilines is 1. The summed E-state index contributed by atoms with van der Waals surface area (Å²) < 4.78 is 6.13. The normalized spacial score (nSPS) is 18.0. The number of ether oxygens (including phenoxy) is 1. The van der Waals surface area contributed by atoms with Gasteiger partial charge in [-0.25, -0.2) is 4.98 Å². The van der Waals surface area contributed by atoms with Crippen molar-refractivity contribution >= 4 is 35.8 Å². The zero-order valence-electron chi connectivity index (χ0n) is 19.1. The topological polar surface area (TPSA) is 53.0 Å². The van der Waals surface area contributed by atoms with Gasteiger partial charge in [0.2, 0.25) is 0 Å². The van der Waals surface area contributed by atoms with Crippen molar-refractivity contribution in [2.45, 2.75) is 51.2 Å². The van der Waals surface area contributed by atoms with Crippen LogP contribution in [0.15, 0.2) is 53.7 Å². The van der Waals surface area contributed by atoms with Crippen LogP contribution in [0.25, 0.3) is 0 Å². The summed E-state index contributed by atoms with van der Waals surface area (Å²) in [5, 5.41) is 3.55. The summed E-state index contributed by atoms with van der Waals surface area (Å²) >= 11 is 0. The molecule has 7 heteroatoms. The molecule has 32 heavy (non-hydrogen) atoms. The minimum absolute atomic E-state index is 0. The van der Waals surface area contributed by atoms with Crippen LogP contribution in [0, 0.1) is 0 Å². The zero-order chi connectivity index (χ0) is 21.3. The van der Waals surface area contributed by atoms with Crippen molar-refractivity contribution in [2.24, 2.45) is 4.99 Å². The molecular weight excluding hydrogens is 513 g/mol. The van der Waals surface area contributed by atoms with Crippen molar-refractivity contribution in [3.8, 4) is 5.75 Å². The lowest BCUT2D eigenvalue weighted by Gasteiger charge is -2.34. The molecule has 0 saturated carbocycles. The molecule has 2 aliphatic rings. The van der Waals surface area contributed by atoms with Crippen LogP contribution in [0.3, 0.4) is 0 Å². The maximum absolute atomic E-state index is 6.13. The minimum Gasteiger partial charge on any atom is -0.490 e. The van der Waals surface area contributed by atoms with Crippen molar-refractivity contribution in [2.75, 3.05) is 38.1 Å². The van der Waals surface area contributed by atoms with Gasteiger partial charge in [-0.3, -0.25) is 4.99 Å². The highest BCUT2D eigenvalue weighted by molar-refractivity contribution is 14.0. The van der Waals surface area contributed by atoms with Gasteiger partial charge in [0.15, 0.2) is 5.96 Å². The number of aromatic nitrogens is 1. The lowest BCUT2D eigenvalue weighted by molar-refractivity contribution is 0.129. The van der Waals surface area contributed by atoms with Gasteiger partial charge in [-0.15, -0.1) is 24.0 Å². The Balaban J connectivity index is 0.00000289. The first-order valence-corrected chi connectivity index (χ1v) is 11.7. The Kier molecular flexibility index (Phi) is 9.89. The second-order valence-corrected chi connectivity index (χ2v) is 8.44. The number of hydrogen-bond acceptors (Lipinski definition) is 4. The van der Waals surface area contributed by atoms with Gasteiger partial charge in [-0.05, 0) is 42.7 Å². The van der Waals surface area contributed by atoms with E-state index in [0.717, 1.165) is 63.1 Å². The molecule has 0 amide bonds. The van der Waals surface area contributed by atoms with E-state index in [2.05, 4.69) is 37.2 Å². The molecule has 0 aliphatic carbocycles. The quantitative estimate of drug-likeness (QED) is 0.333. The summed E-state index contributed by atoms with van der Waals surface area (Å²) in [6.45, 7) is 4.90. The van der Waals surface area contributed by atoms with Crippen LogP contribution in [0.4, 0.5) is 5.82 Å². The first kappa shape index (κ1) is 24.6. The average Bonchev–Trinajstić information content (AvgIpc) is 3.11. The Labute approximate surface area is 209 Å². The molecule has 2 aliphatic heterocycles. The van der Waals surface area contributed by atoms with Gasteiger partial charge >= 0.3 is 0 Å². The molecule has 0 spiro atoms. The van der Waals surface area contributed by atoms with Gasteiger partial charge in [0.05, 0.1) is 0 Å². The largest absolute Gasteiger partial charge is 0.490 e. The van der Waals surface area contributed by atoms with Crippen LogP contribution in [0.1, 0.15) is 44.1 Å². The summed E-state index contributed by atoms with van der Waals surface area (Å²) in [5.74, 6) is 3.03. The highest BCUT2D eigenvalue weighted by Crippen LogP contribution is 2.20. The molecule has 0 radical (unpaired) electrons. The number of guanidine groups is 1. The number of likely N-dealkylation sites (tertiary alicyclic amines) is 1. The van der Waals surface area contributed by atoms with Crippen molar-refractivity contribution in [3.05, 3.63) is 54.2 Å². The summed E-state index contributed by atoms with van der Waals surface area (Å²) in [4.78, 5) is 13.9. The van der Waals surface area contributed by atoms with Crippen molar-refractivity contribution in [1.29, 1.82) is 0 Å². The number of nitrogens with one attached hydrogen (secondary N) is 1. The molecule has 1 aromatic carbocycles. The molecule has 0 unspecified atom stereocenters. The Morgan fingerprint density at radius 2 is 1.75 bits per heavy atom. The van der Waals surface area contributed by atoms with Gasteiger partial charge in [-0.1, -0.05) is 31.0 Å². The molecule has 1 aromatic heterocycles. The van der Waals surface area contributed by atoms with Crippen molar-refractivity contribution in [1.82, 2.24) is 15.2 Å². The predicted octanol–water partition coefficient (Wildman–Crippen LogP) is 4.70. The molecule has 2 fully saturated rings. The van der Waals surface area contributed by atoms with Crippen molar-refractivity contribution in [3.63, 3.8) is 0 Å². The highest BCUT2D eigenvalue weighted by Gasteiger charge is 2.22. The van der Waals surface area contributed by atoms with Gasteiger partial charge in [-0.2, -0.15) is 0 Å². The van der Waals surface area contributed by atoms with E-state index in [4.69, 9.17) is 4.74 Å². The highest BCUT2D eigenvalue weighted by atomic mass is 127. The number of benzene rings is 1. The van der Waals surface area contributed by atoms with Crippen LogP contribution in [0.5, 0.6) is 5.75 Å². The number of rotatable bonds is 5. The predicted molar refractivity (Wildman–Crippen MR) is 142 cm³/mol. The Hall–Kier alpha value is -2.03. The Morgan fingerprint density at radius 3 is 2.44 bits per heavy atom. The van der Waals surface area contributed by atoms with Crippen LogP contribution in [-0.2, 0) is 6.54 Å². The maximum atomic E-state index is 6.13. The van der Waals surface area contributed by atoms with E-state index in [1.165, 1.54) is 31.2 Å². The third kappa shape index (κ3) is 6.98. The van der Waals surface area contributed by atoms with Gasteiger partial charge < -0.3 is 19.9 Å². The molecule has 6 nitrogen and oxygen atoms in total. The van der Waals surface area contributed by atoms with E-state index in [0.29, 0.717) is 0 Å². The minimum atomic E-state index is 0. The number of para-hydroxylation sites is 1. The first-order chi connectivity index (χ1) is 15.3. The monoisotopic (exact) mass is 549 g/mol. The van der Waals surface area contributed by atoms with E-state index < -0.39 is 0 Å². The molecule has 1 N–H and O–H groups in total. The Morgan fingerprint density at radius 1 is 1.03 bits per heavy atom. The number of halogens is 1. The van der Waals surface area contributed by atoms with E-state index in [1.54, 1.807) is 0 Å². The molecule has 2 aromatic rings. The molecule has 3 heterocycles. The number of aliphatic imine (C=N–C) groups is 1. The summed E-state index contributed by atoms with van der Waals surface area (Å²) in [7, 11) is 1.87. The lowest BCUT2D eigenvalue weighted by atomic mass is 10.1. The summed E-state index contributed by atoms with van der Waals surface area (Å²) in [5.41, 5.74) is 1.25. The van der Waals surface area contributed by atoms with E-state index in [9.17, 15) is 0 Å². The summed E-state index contributed by atoms with van der Waals surface area (Å²) in [6, 6.07) is 14.4. The lowest BCUT2D eigenvalue weighted by Crippen LogP contribution is -2.47. The van der Waals surface area contributed by atoms with Crippen LogP contribution < -0.4 is 15.0 Å². The maximum Gasteiger partial charge on any atom is 0.193 e. The number of piperidine rings is 1. The van der Waals surface area contributed by atoms with E-state index >= 15 is 0 Å². The molecule has 4 rings (SSSR count). The van der Waals surface area contributed by atoms with Crippen LogP contribution in [-0.4, -0.2) is 55.2 Å². The fourth-order valence-corrected chi connectivity index (χ4v) is 4.43. The second-order valence-electron chi connectivity index (χ2n) is 8.44. The first-order valence-electron chi connectivity index (χ1n) is 11.7. The molecule has 0 atom stereocenters. The molecular formula is C25H36IN5O. The molecule has 174 valence electrons. The van der Waals surface area contributed by atoms with Gasteiger partial charge in [0.1, 0.15) is 17.7 Å². The SMILES string of the molecule is CN=C(NCc1ccnc(N2CCCCCC2)c1)N1CCC(Oc2ccccc2)CC1.I. The van der Waals surface area contributed by atoms with Gasteiger partial charge in [0.25, 0.3) is 0 Å². The van der Waals surface area contributed by atoms with E-state index in [1.807, 2.05) is 43.6 Å². The number of hydrogen-bond donors (Lipinski definition) is 1. The van der Waals surface area contributed by atoms with Crippen LogP contribution in [0.2, 0.25) is 0 Å². The average molecular weight is 550 g/mol. The Bertz CT molecular complexity index is 831. The standard InChI is InChI=1S/C25H35N5O.HI/c1-26-25(30-17-12-23(13-18-30)31-22-9-5-4-6-10-22)28-20-21-11-14-27-24(19-21)29-15-7-2-3-8-16-29;/h4-6,9-11,14,19,23H,2-3,7-8,12-13,15-18,20H2,1H3,(H,26,28);1H. The van der Waals surface area contributed by atoms with E-state index in [-0.39, 0.29) is 30.1 Å². The summed E-state index contributed by atoms with van der Waals surface area (Å²) in [6.07, 6.45) is 9.41. The number of nitrogens with zero attached hydrogens (tertiary/aromatic N) is 4. The third-order valence-corrected chi connectivity index (χ3v) is 6.19.